The minimum absolute atomic E-state index is 0.482. The molecule has 1 aromatic carbocycles. The molecule has 0 spiro atoms. The molecule has 0 aliphatic heterocycles. The number of rotatable bonds is 2. The van der Waals surface area contributed by atoms with Crippen LogP contribution < -0.4 is 5.73 Å². The van der Waals surface area contributed by atoms with Crippen LogP contribution in [0.15, 0.2) is 24.3 Å². The molecule has 0 bridgehead atoms. The molecule has 0 aliphatic carbocycles. The zero-order chi connectivity index (χ0) is 11.6. The Bertz CT molecular complexity index is 356. The minimum atomic E-state index is -4.35. The van der Waals surface area contributed by atoms with Gasteiger partial charge in [0.05, 0.1) is 11.5 Å². The van der Waals surface area contributed by atoms with E-state index in [9.17, 15) is 18.0 Å². The standard InChI is InChI=1S/C10H10F3NO/c1-6(9(14)15)7-2-4-8(5-3-7)10(11,12)13/h2-6H,1H3,(H2,14,15)/t6-/m1/s1. The highest BCUT2D eigenvalue weighted by Gasteiger charge is 2.30. The van der Waals surface area contributed by atoms with Crippen LogP contribution >= 0.6 is 0 Å². The van der Waals surface area contributed by atoms with E-state index in [1.807, 2.05) is 0 Å². The average molecular weight is 217 g/mol. The summed E-state index contributed by atoms with van der Waals surface area (Å²) in [7, 11) is 0. The Morgan fingerprint density at radius 3 is 2.07 bits per heavy atom. The molecule has 15 heavy (non-hydrogen) atoms. The van der Waals surface area contributed by atoms with Gasteiger partial charge in [0.1, 0.15) is 0 Å². The maximum Gasteiger partial charge on any atom is 0.416 e. The SMILES string of the molecule is C[C@@H](C(N)=O)c1ccc(C(F)(F)F)cc1. The van der Waals surface area contributed by atoms with Crippen LogP contribution in [0.5, 0.6) is 0 Å². The Morgan fingerprint density at radius 1 is 1.27 bits per heavy atom. The van der Waals surface area contributed by atoms with Gasteiger partial charge in [-0.05, 0) is 24.6 Å². The van der Waals surface area contributed by atoms with Gasteiger partial charge in [-0.15, -0.1) is 0 Å². The summed E-state index contributed by atoms with van der Waals surface area (Å²) >= 11 is 0. The maximum absolute atomic E-state index is 12.2. The third-order valence-corrected chi connectivity index (χ3v) is 2.16. The third kappa shape index (κ3) is 2.71. The van der Waals surface area contributed by atoms with Crippen LogP contribution in [0.4, 0.5) is 13.2 Å². The lowest BCUT2D eigenvalue weighted by Crippen LogP contribution is -2.18. The molecule has 0 saturated carbocycles. The normalized spacial score (nSPS) is 13.6. The first-order chi connectivity index (χ1) is 6.82. The van der Waals surface area contributed by atoms with Crippen molar-refractivity contribution >= 4 is 5.91 Å². The summed E-state index contributed by atoms with van der Waals surface area (Å²) in [6.07, 6.45) is -4.35. The number of hydrogen-bond acceptors (Lipinski definition) is 1. The van der Waals surface area contributed by atoms with Crippen LogP contribution in [0.25, 0.3) is 0 Å². The molecule has 0 unspecified atom stereocenters. The molecule has 1 rings (SSSR count). The Balaban J connectivity index is 2.95. The predicted octanol–water partition coefficient (Wildman–Crippen LogP) is 2.29. The Hall–Kier alpha value is -1.52. The van der Waals surface area contributed by atoms with Crippen molar-refractivity contribution in [3.05, 3.63) is 35.4 Å². The molecule has 0 fully saturated rings. The molecule has 1 aromatic rings. The number of benzene rings is 1. The molecule has 1 atom stereocenters. The molecule has 0 aliphatic rings. The molecule has 0 aromatic heterocycles. The van der Waals surface area contributed by atoms with Crippen LogP contribution in [-0.4, -0.2) is 5.91 Å². The quantitative estimate of drug-likeness (QED) is 0.811. The second-order valence-corrected chi connectivity index (χ2v) is 3.24. The van der Waals surface area contributed by atoms with Gasteiger partial charge in [0.25, 0.3) is 0 Å². The van der Waals surface area contributed by atoms with Crippen molar-refractivity contribution in [3.63, 3.8) is 0 Å². The first-order valence-electron chi connectivity index (χ1n) is 4.29. The topological polar surface area (TPSA) is 43.1 Å². The summed E-state index contributed by atoms with van der Waals surface area (Å²) in [4.78, 5) is 10.8. The van der Waals surface area contributed by atoms with E-state index in [2.05, 4.69) is 0 Å². The number of hydrogen-bond donors (Lipinski definition) is 1. The lowest BCUT2D eigenvalue weighted by atomic mass is 9.99. The highest BCUT2D eigenvalue weighted by Crippen LogP contribution is 2.30. The van der Waals surface area contributed by atoms with Crippen molar-refractivity contribution < 1.29 is 18.0 Å². The van der Waals surface area contributed by atoms with Crippen LogP contribution in [-0.2, 0) is 11.0 Å². The smallest absolute Gasteiger partial charge is 0.369 e. The zero-order valence-electron chi connectivity index (χ0n) is 8.01. The Morgan fingerprint density at radius 2 is 1.73 bits per heavy atom. The van der Waals surface area contributed by atoms with E-state index < -0.39 is 23.6 Å². The van der Waals surface area contributed by atoms with Crippen molar-refractivity contribution in [2.24, 2.45) is 5.73 Å². The fourth-order valence-electron chi connectivity index (χ4n) is 1.13. The molecule has 2 nitrogen and oxygen atoms in total. The van der Waals surface area contributed by atoms with Gasteiger partial charge in [-0.2, -0.15) is 13.2 Å². The number of nitrogens with two attached hydrogens (primary N) is 1. The van der Waals surface area contributed by atoms with E-state index in [-0.39, 0.29) is 0 Å². The van der Waals surface area contributed by atoms with Gasteiger partial charge < -0.3 is 5.73 Å². The van der Waals surface area contributed by atoms with Gasteiger partial charge in [0.2, 0.25) is 5.91 Å². The summed E-state index contributed by atoms with van der Waals surface area (Å²) in [5.74, 6) is -1.14. The van der Waals surface area contributed by atoms with Crippen LogP contribution in [0.3, 0.4) is 0 Å². The van der Waals surface area contributed by atoms with Crippen LogP contribution in [0.1, 0.15) is 24.0 Å². The second-order valence-electron chi connectivity index (χ2n) is 3.24. The van der Waals surface area contributed by atoms with E-state index in [1.165, 1.54) is 12.1 Å². The second kappa shape index (κ2) is 3.92. The molecule has 0 radical (unpaired) electrons. The monoisotopic (exact) mass is 217 g/mol. The zero-order valence-corrected chi connectivity index (χ0v) is 8.01. The highest BCUT2D eigenvalue weighted by molar-refractivity contribution is 5.81. The first kappa shape index (κ1) is 11.6. The number of amides is 1. The van der Waals surface area contributed by atoms with Gasteiger partial charge in [-0.3, -0.25) is 4.79 Å². The van der Waals surface area contributed by atoms with Gasteiger partial charge in [0.15, 0.2) is 0 Å². The van der Waals surface area contributed by atoms with Crippen molar-refractivity contribution in [1.82, 2.24) is 0 Å². The molecule has 0 heterocycles. The fraction of sp³-hybridized carbons (Fsp3) is 0.300. The Labute approximate surface area is 84.9 Å². The minimum Gasteiger partial charge on any atom is -0.369 e. The van der Waals surface area contributed by atoms with Crippen LogP contribution in [0, 0.1) is 0 Å². The third-order valence-electron chi connectivity index (χ3n) is 2.16. The van der Waals surface area contributed by atoms with E-state index in [4.69, 9.17) is 5.73 Å². The van der Waals surface area contributed by atoms with Crippen LogP contribution in [0.2, 0.25) is 0 Å². The largest absolute Gasteiger partial charge is 0.416 e. The van der Waals surface area contributed by atoms with Crippen molar-refractivity contribution in [3.8, 4) is 0 Å². The number of carbonyl (C=O) groups excluding carboxylic acids is 1. The van der Waals surface area contributed by atoms with Gasteiger partial charge in [0, 0.05) is 0 Å². The van der Waals surface area contributed by atoms with Gasteiger partial charge in [-0.25, -0.2) is 0 Å². The number of alkyl halides is 3. The molecule has 1 amide bonds. The number of carbonyl (C=O) groups is 1. The maximum atomic E-state index is 12.2. The van der Waals surface area contributed by atoms with Gasteiger partial charge in [-0.1, -0.05) is 12.1 Å². The Kier molecular flexibility index (Phi) is 3.02. The molecule has 82 valence electrons. The average Bonchev–Trinajstić information content (AvgIpc) is 2.15. The summed E-state index contributed by atoms with van der Waals surface area (Å²) in [5, 5.41) is 0. The molecule has 5 heteroatoms. The van der Waals surface area contributed by atoms with Crippen molar-refractivity contribution in [2.75, 3.05) is 0 Å². The summed E-state index contributed by atoms with van der Waals surface area (Å²) in [6, 6.07) is 4.40. The number of halogens is 3. The highest BCUT2D eigenvalue weighted by atomic mass is 19.4. The van der Waals surface area contributed by atoms with E-state index in [1.54, 1.807) is 6.92 Å². The summed E-state index contributed by atoms with van der Waals surface area (Å²) in [6.45, 7) is 1.55. The lowest BCUT2D eigenvalue weighted by Gasteiger charge is -2.10. The molecule has 0 saturated heterocycles. The van der Waals surface area contributed by atoms with Gasteiger partial charge >= 0.3 is 6.18 Å². The van der Waals surface area contributed by atoms with E-state index in [0.717, 1.165) is 12.1 Å². The van der Waals surface area contributed by atoms with Crippen molar-refractivity contribution in [2.45, 2.75) is 19.0 Å². The lowest BCUT2D eigenvalue weighted by molar-refractivity contribution is -0.137. The predicted molar refractivity (Wildman–Crippen MR) is 49.1 cm³/mol. The summed E-state index contributed by atoms with van der Waals surface area (Å²) < 4.78 is 36.6. The fourth-order valence-corrected chi connectivity index (χ4v) is 1.13. The molecule has 2 N–H and O–H groups in total. The molecular formula is C10H10F3NO. The van der Waals surface area contributed by atoms with Crippen molar-refractivity contribution in [1.29, 1.82) is 0 Å². The van der Waals surface area contributed by atoms with E-state index >= 15 is 0 Å². The van der Waals surface area contributed by atoms with E-state index in [0.29, 0.717) is 5.56 Å². The summed E-state index contributed by atoms with van der Waals surface area (Å²) in [5.41, 5.74) is 4.78. The molecular weight excluding hydrogens is 207 g/mol. The number of primary amides is 1. The first-order valence-corrected chi connectivity index (χ1v) is 4.29.